The van der Waals surface area contributed by atoms with E-state index in [2.05, 4.69) is 27.1 Å². The van der Waals surface area contributed by atoms with Gasteiger partial charge in [0.05, 0.1) is 9.60 Å². The Morgan fingerprint density at radius 1 is 0.611 bits per heavy atom. The first-order valence-electron chi connectivity index (χ1n) is 14.6. The Labute approximate surface area is 226 Å². The zero-order chi connectivity index (χ0) is 30.2. The predicted octanol–water partition coefficient (Wildman–Crippen LogP) is 9.05. The highest BCUT2D eigenvalue weighted by molar-refractivity contribution is 7.25. The van der Waals surface area contributed by atoms with Crippen LogP contribution in [-0.2, 0) is 0 Å². The topological polar surface area (TPSA) is 38.7 Å². The maximum atomic E-state index is 9.00. The third-order valence-corrected chi connectivity index (χ3v) is 7.11. The van der Waals surface area contributed by atoms with Crippen molar-refractivity contribution >= 4 is 53.9 Å². The van der Waals surface area contributed by atoms with Crippen molar-refractivity contribution in [2.24, 2.45) is 0 Å². The van der Waals surface area contributed by atoms with Crippen LogP contribution in [-0.4, -0.2) is 15.0 Å². The summed E-state index contributed by atoms with van der Waals surface area (Å²) in [6, 6.07) is 19.8. The van der Waals surface area contributed by atoms with Gasteiger partial charge in [0, 0.05) is 31.3 Å². The van der Waals surface area contributed by atoms with E-state index in [9.17, 15) is 0 Å². The molecule has 3 nitrogen and oxygen atoms in total. The zero-order valence-corrected chi connectivity index (χ0v) is 20.1. The third kappa shape index (κ3) is 3.72. The number of rotatable bonds is 3. The summed E-state index contributed by atoms with van der Waals surface area (Å²) in [5.41, 5.74) is 2.76. The van der Waals surface area contributed by atoms with Crippen molar-refractivity contribution in [3.05, 3.63) is 114 Å². The van der Waals surface area contributed by atoms with Crippen molar-refractivity contribution in [1.82, 2.24) is 15.0 Å². The second kappa shape index (κ2) is 8.52. The lowest BCUT2D eigenvalue weighted by Gasteiger charge is -2.08. The van der Waals surface area contributed by atoms with Gasteiger partial charge in [0.25, 0.3) is 0 Å². The first-order valence-corrected chi connectivity index (χ1v) is 12.3. The molecule has 5 aromatic carbocycles. The fraction of sp³-hybridized carbons (Fsp3) is 0. The fourth-order valence-electron chi connectivity index (χ4n) is 4.20. The Balaban J connectivity index is 1.41. The van der Waals surface area contributed by atoms with Crippen molar-refractivity contribution in [3.8, 4) is 33.9 Å². The molecule has 2 heterocycles. The Morgan fingerprint density at radius 3 is 2.19 bits per heavy atom. The number of hydrogen-bond acceptors (Lipinski definition) is 4. The normalized spacial score (nSPS) is 14.2. The van der Waals surface area contributed by atoms with Crippen LogP contribution < -0.4 is 0 Å². The monoisotopic (exact) mass is 506 g/mol. The summed E-state index contributed by atoms with van der Waals surface area (Å²) in [5.74, 6) is 0.193. The van der Waals surface area contributed by atoms with E-state index in [1.165, 1.54) is 0 Å². The van der Waals surface area contributed by atoms with Gasteiger partial charge in [-0.05, 0) is 57.7 Å². The summed E-state index contributed by atoms with van der Waals surface area (Å²) < 4.78 is 60.0. The van der Waals surface area contributed by atoms with Crippen LogP contribution in [0.1, 0.15) is 9.60 Å². The van der Waals surface area contributed by atoms with Crippen molar-refractivity contribution in [2.75, 3.05) is 0 Å². The number of fused-ring (bicyclic) bond motifs is 4. The van der Waals surface area contributed by atoms with E-state index >= 15 is 0 Å². The Kier molecular flexibility index (Phi) is 3.57. The Morgan fingerprint density at radius 2 is 1.33 bits per heavy atom. The molecule has 0 saturated carbocycles. The van der Waals surface area contributed by atoms with Crippen LogP contribution in [0.25, 0.3) is 64.8 Å². The number of hydrogen-bond donors (Lipinski definition) is 0. The van der Waals surface area contributed by atoms with Crippen LogP contribution in [0.5, 0.6) is 0 Å². The fourth-order valence-corrected chi connectivity index (χ4v) is 5.33. The van der Waals surface area contributed by atoms with Gasteiger partial charge >= 0.3 is 0 Å². The molecule has 0 amide bonds. The molecule has 7 rings (SSSR count). The summed E-state index contributed by atoms with van der Waals surface area (Å²) in [5, 5.41) is 2.10. The van der Waals surface area contributed by atoms with Gasteiger partial charge in [-0.25, -0.2) is 4.98 Å². The highest BCUT2D eigenvalue weighted by atomic mass is 35.5. The van der Waals surface area contributed by atoms with Gasteiger partial charge in [-0.15, -0.1) is 11.3 Å². The van der Waals surface area contributed by atoms with Crippen molar-refractivity contribution in [3.63, 3.8) is 0 Å². The summed E-state index contributed by atoms with van der Waals surface area (Å²) >= 11 is 7.34. The molecular formula is C31H18ClN3S. The quantitative estimate of drug-likeness (QED) is 0.240. The van der Waals surface area contributed by atoms with Crippen LogP contribution in [0.4, 0.5) is 0 Å². The smallest absolute Gasteiger partial charge is 0.208 e. The molecule has 0 N–H and O–H groups in total. The van der Waals surface area contributed by atoms with E-state index in [1.54, 1.807) is 0 Å². The van der Waals surface area contributed by atoms with Gasteiger partial charge in [0.15, 0.2) is 11.6 Å². The second-order valence-electron chi connectivity index (χ2n) is 8.15. The third-order valence-electron chi connectivity index (χ3n) is 5.92. The Bertz CT molecular complexity index is 2290. The number of benzene rings is 5. The van der Waals surface area contributed by atoms with Crippen molar-refractivity contribution < 1.29 is 9.60 Å². The van der Waals surface area contributed by atoms with E-state index < -0.39 is 12.1 Å². The molecule has 0 bridgehead atoms. The minimum Gasteiger partial charge on any atom is -0.208 e. The maximum Gasteiger partial charge on any atom is 0.226 e. The largest absolute Gasteiger partial charge is 0.226 e. The molecule has 0 spiro atoms. The molecule has 5 heteroatoms. The number of thiophene rings is 1. The van der Waals surface area contributed by atoms with Crippen LogP contribution in [0.3, 0.4) is 0 Å². The highest BCUT2D eigenvalue weighted by Gasteiger charge is 2.12. The van der Waals surface area contributed by atoms with Gasteiger partial charge in [0.2, 0.25) is 5.28 Å². The minimum atomic E-state index is -0.432. The Hall–Kier alpha value is -4.12. The van der Waals surface area contributed by atoms with Crippen molar-refractivity contribution in [2.45, 2.75) is 0 Å². The van der Waals surface area contributed by atoms with E-state index in [0.29, 0.717) is 5.56 Å². The number of nitrogens with zero attached hydrogens (tertiary/aromatic N) is 3. The van der Waals surface area contributed by atoms with Gasteiger partial charge < -0.3 is 0 Å². The molecule has 0 radical (unpaired) electrons. The van der Waals surface area contributed by atoms with E-state index in [-0.39, 0.29) is 72.9 Å². The molecule has 0 fully saturated rings. The highest BCUT2D eigenvalue weighted by Crippen LogP contribution is 2.36. The standard InChI is InChI=1S/C31H18ClN3S/c32-31-34-29(22-13-11-20-10-12-21(16-24(20)17-22)19-6-2-1-3-7-19)33-30(35-31)23-14-15-26-25-8-4-5-9-27(25)36-28(26)18-23/h1-18H/i4D,5D,8D,9D,14D,15D,18D. The van der Waals surface area contributed by atoms with E-state index in [0.717, 1.165) is 33.2 Å². The summed E-state index contributed by atoms with van der Waals surface area (Å²) in [4.78, 5) is 13.1. The molecule has 0 aliphatic carbocycles. The first kappa shape index (κ1) is 15.1. The molecule has 7 aromatic rings. The average molecular weight is 507 g/mol. The van der Waals surface area contributed by atoms with Gasteiger partial charge in [-0.2, -0.15) is 9.97 Å². The summed E-state index contributed by atoms with van der Waals surface area (Å²) in [6.07, 6.45) is 0. The van der Waals surface area contributed by atoms with E-state index in [4.69, 9.17) is 21.2 Å². The minimum absolute atomic E-state index is 0.0305. The molecule has 0 saturated heterocycles. The number of aromatic nitrogens is 3. The number of halogens is 1. The van der Waals surface area contributed by atoms with Crippen LogP contribution in [0, 0.1) is 0 Å². The SMILES string of the molecule is [2H]c1c([2H])c([2H])c2c(sc3c([2H])c(-c4nc(Cl)nc(-c5ccc6ccc(-c7ccccc7)cc6c5)n4)c([2H])c([2H])c32)c1[2H]. The second-order valence-corrected chi connectivity index (χ2v) is 9.51. The molecule has 0 aliphatic rings. The zero-order valence-electron chi connectivity index (χ0n) is 25.5. The van der Waals surface area contributed by atoms with E-state index in [1.807, 2.05) is 54.6 Å². The van der Waals surface area contributed by atoms with Crippen LogP contribution >= 0.6 is 22.9 Å². The predicted molar refractivity (Wildman–Crippen MR) is 152 cm³/mol. The van der Waals surface area contributed by atoms with Crippen molar-refractivity contribution in [1.29, 1.82) is 0 Å². The van der Waals surface area contributed by atoms with Crippen LogP contribution in [0.15, 0.2) is 109 Å². The lowest BCUT2D eigenvalue weighted by molar-refractivity contribution is 1.07. The van der Waals surface area contributed by atoms with Crippen LogP contribution in [0.2, 0.25) is 5.28 Å². The first-order chi connectivity index (χ1) is 20.6. The molecule has 36 heavy (non-hydrogen) atoms. The lowest BCUT2D eigenvalue weighted by Crippen LogP contribution is -1.97. The molecule has 0 atom stereocenters. The van der Waals surface area contributed by atoms with Gasteiger partial charge in [-0.3, -0.25) is 0 Å². The molecular weight excluding hydrogens is 482 g/mol. The average Bonchev–Trinajstić information content (AvgIpc) is 3.43. The summed E-state index contributed by atoms with van der Waals surface area (Å²) in [6.45, 7) is 0. The molecule has 2 aromatic heterocycles. The molecule has 0 unspecified atom stereocenters. The molecule has 170 valence electrons. The lowest BCUT2D eigenvalue weighted by atomic mass is 10.00. The van der Waals surface area contributed by atoms with Gasteiger partial charge in [0.1, 0.15) is 0 Å². The van der Waals surface area contributed by atoms with Gasteiger partial charge in [-0.1, -0.05) is 84.8 Å². The maximum absolute atomic E-state index is 9.00. The molecule has 0 aliphatic heterocycles. The summed E-state index contributed by atoms with van der Waals surface area (Å²) in [7, 11) is 0.